The molecule has 0 spiro atoms. The molecule has 14 heavy (non-hydrogen) atoms. The average Bonchev–Trinajstić information content (AvgIpc) is 2.11. The summed E-state index contributed by atoms with van der Waals surface area (Å²) in [4.78, 5) is 0. The SMILES string of the molecule is CCOCCOc1cc(C)cc([O])c1. The van der Waals surface area contributed by atoms with Crippen LogP contribution in [0.4, 0.5) is 0 Å². The summed E-state index contributed by atoms with van der Waals surface area (Å²) in [7, 11) is 0. The molecule has 77 valence electrons. The molecule has 0 amide bonds. The van der Waals surface area contributed by atoms with E-state index in [1.165, 1.54) is 6.07 Å². The van der Waals surface area contributed by atoms with Crippen molar-refractivity contribution in [3.63, 3.8) is 0 Å². The van der Waals surface area contributed by atoms with Crippen molar-refractivity contribution in [2.45, 2.75) is 13.8 Å². The van der Waals surface area contributed by atoms with Gasteiger partial charge in [-0.2, -0.15) is 0 Å². The second-order valence-corrected chi connectivity index (χ2v) is 3.03. The standard InChI is InChI=1S/C11H15O3/c1-3-13-4-5-14-11-7-9(2)6-10(12)8-11/h6-8H,3-5H2,1-2H3. The molecule has 0 bridgehead atoms. The zero-order valence-electron chi connectivity index (χ0n) is 8.58. The molecule has 0 aliphatic heterocycles. The molecule has 0 saturated carbocycles. The summed E-state index contributed by atoms with van der Waals surface area (Å²) in [6, 6.07) is 4.90. The van der Waals surface area contributed by atoms with E-state index < -0.39 is 0 Å². The van der Waals surface area contributed by atoms with Crippen molar-refractivity contribution in [1.29, 1.82) is 0 Å². The normalized spacial score (nSPS) is 10.1. The van der Waals surface area contributed by atoms with E-state index in [4.69, 9.17) is 9.47 Å². The van der Waals surface area contributed by atoms with Gasteiger partial charge in [0.15, 0.2) is 5.75 Å². The van der Waals surface area contributed by atoms with Crippen molar-refractivity contribution in [3.05, 3.63) is 23.8 Å². The largest absolute Gasteiger partial charge is 0.491 e. The summed E-state index contributed by atoms with van der Waals surface area (Å²) >= 11 is 0. The molecule has 0 saturated heterocycles. The molecule has 3 heteroatoms. The minimum atomic E-state index is -0.0172. The van der Waals surface area contributed by atoms with Crippen LogP contribution in [0.1, 0.15) is 12.5 Å². The van der Waals surface area contributed by atoms with Crippen molar-refractivity contribution in [2.75, 3.05) is 19.8 Å². The summed E-state index contributed by atoms with van der Waals surface area (Å²) in [5, 5.41) is 11.1. The van der Waals surface area contributed by atoms with Gasteiger partial charge >= 0.3 is 0 Å². The summed E-state index contributed by atoms with van der Waals surface area (Å²) < 4.78 is 10.5. The highest BCUT2D eigenvalue weighted by Gasteiger charge is 1.99. The van der Waals surface area contributed by atoms with Crippen molar-refractivity contribution < 1.29 is 14.6 Å². The highest BCUT2D eigenvalue weighted by molar-refractivity contribution is 5.36. The lowest BCUT2D eigenvalue weighted by Gasteiger charge is -2.06. The molecule has 3 nitrogen and oxygen atoms in total. The Labute approximate surface area is 84.3 Å². The Morgan fingerprint density at radius 2 is 2.00 bits per heavy atom. The molecular weight excluding hydrogens is 180 g/mol. The molecule has 0 atom stereocenters. The van der Waals surface area contributed by atoms with Crippen molar-refractivity contribution >= 4 is 0 Å². The first-order chi connectivity index (χ1) is 6.72. The monoisotopic (exact) mass is 195 g/mol. The van der Waals surface area contributed by atoms with Crippen LogP contribution in [0.5, 0.6) is 11.5 Å². The maximum atomic E-state index is 11.1. The van der Waals surface area contributed by atoms with Gasteiger partial charge in [-0.1, -0.05) is 0 Å². The molecule has 1 rings (SSSR count). The van der Waals surface area contributed by atoms with Gasteiger partial charge in [0, 0.05) is 12.7 Å². The van der Waals surface area contributed by atoms with Gasteiger partial charge < -0.3 is 9.47 Å². The Balaban J connectivity index is 2.42. The van der Waals surface area contributed by atoms with Gasteiger partial charge in [-0.15, -0.1) is 0 Å². The first-order valence-electron chi connectivity index (χ1n) is 4.71. The molecule has 1 aromatic rings. The molecule has 0 unspecified atom stereocenters. The second kappa shape index (κ2) is 5.50. The minimum Gasteiger partial charge on any atom is -0.491 e. The van der Waals surface area contributed by atoms with Crippen LogP contribution >= 0.6 is 0 Å². The van der Waals surface area contributed by atoms with E-state index in [0.29, 0.717) is 25.6 Å². The van der Waals surface area contributed by atoms with Gasteiger partial charge in [-0.25, -0.2) is 0 Å². The topological polar surface area (TPSA) is 38.4 Å². The van der Waals surface area contributed by atoms with Crippen molar-refractivity contribution in [3.8, 4) is 11.5 Å². The van der Waals surface area contributed by atoms with Gasteiger partial charge in [0.25, 0.3) is 0 Å². The predicted molar refractivity (Wildman–Crippen MR) is 53.3 cm³/mol. The third-order valence-corrected chi connectivity index (χ3v) is 1.72. The molecule has 0 aromatic heterocycles. The van der Waals surface area contributed by atoms with Crippen LogP contribution < -0.4 is 4.74 Å². The molecule has 1 aromatic carbocycles. The fourth-order valence-electron chi connectivity index (χ4n) is 1.16. The number of hydrogen-bond acceptors (Lipinski definition) is 2. The Hall–Kier alpha value is -1.22. The first-order valence-corrected chi connectivity index (χ1v) is 4.71. The molecule has 0 fully saturated rings. The smallest absolute Gasteiger partial charge is 0.182 e. The van der Waals surface area contributed by atoms with Crippen LogP contribution in [0.2, 0.25) is 0 Å². The number of benzene rings is 1. The van der Waals surface area contributed by atoms with Crippen LogP contribution in [-0.4, -0.2) is 19.8 Å². The zero-order valence-corrected chi connectivity index (χ0v) is 8.58. The fourth-order valence-corrected chi connectivity index (χ4v) is 1.16. The summed E-state index contributed by atoms with van der Waals surface area (Å²) in [5.41, 5.74) is 0.920. The van der Waals surface area contributed by atoms with Crippen LogP contribution in [0.15, 0.2) is 18.2 Å². The molecular formula is C11H15O3. The third-order valence-electron chi connectivity index (χ3n) is 1.72. The van der Waals surface area contributed by atoms with Crippen molar-refractivity contribution in [1.82, 2.24) is 0 Å². The van der Waals surface area contributed by atoms with E-state index in [1.807, 2.05) is 19.9 Å². The van der Waals surface area contributed by atoms with Crippen LogP contribution in [-0.2, 0) is 9.84 Å². The molecule has 0 aliphatic rings. The van der Waals surface area contributed by atoms with E-state index in [2.05, 4.69) is 0 Å². The number of rotatable bonds is 5. The van der Waals surface area contributed by atoms with Gasteiger partial charge in [-0.3, -0.25) is 5.11 Å². The van der Waals surface area contributed by atoms with E-state index in [9.17, 15) is 5.11 Å². The van der Waals surface area contributed by atoms with Crippen molar-refractivity contribution in [2.24, 2.45) is 0 Å². The second-order valence-electron chi connectivity index (χ2n) is 3.03. The van der Waals surface area contributed by atoms with Crippen LogP contribution in [0, 0.1) is 6.92 Å². The van der Waals surface area contributed by atoms with E-state index in [0.717, 1.165) is 5.56 Å². The van der Waals surface area contributed by atoms with Gasteiger partial charge in [0.05, 0.1) is 6.61 Å². The molecule has 1 radical (unpaired) electrons. The lowest BCUT2D eigenvalue weighted by Crippen LogP contribution is -2.06. The van der Waals surface area contributed by atoms with E-state index >= 15 is 0 Å². The third kappa shape index (κ3) is 3.66. The van der Waals surface area contributed by atoms with Crippen LogP contribution in [0.25, 0.3) is 0 Å². The molecule has 0 heterocycles. The summed E-state index contributed by atoms with van der Waals surface area (Å²) in [6.07, 6.45) is 0. The maximum Gasteiger partial charge on any atom is 0.182 e. The molecule has 0 aliphatic carbocycles. The average molecular weight is 195 g/mol. The van der Waals surface area contributed by atoms with Gasteiger partial charge in [0.2, 0.25) is 0 Å². The summed E-state index contributed by atoms with van der Waals surface area (Å²) in [6.45, 7) is 5.53. The zero-order chi connectivity index (χ0) is 10.4. The quantitative estimate of drug-likeness (QED) is 0.677. The van der Waals surface area contributed by atoms with E-state index in [-0.39, 0.29) is 5.75 Å². The Bertz CT molecular complexity index is 264. The number of aryl methyl sites for hydroxylation is 1. The first kappa shape index (κ1) is 10.9. The Morgan fingerprint density at radius 1 is 1.21 bits per heavy atom. The van der Waals surface area contributed by atoms with E-state index in [1.54, 1.807) is 6.07 Å². The maximum absolute atomic E-state index is 11.1. The lowest BCUT2D eigenvalue weighted by molar-refractivity contribution is 0.110. The lowest BCUT2D eigenvalue weighted by atomic mass is 10.2. The fraction of sp³-hybridized carbons (Fsp3) is 0.455. The predicted octanol–water partition coefficient (Wildman–Crippen LogP) is 2.55. The number of ether oxygens (including phenoxy) is 2. The van der Waals surface area contributed by atoms with Crippen LogP contribution in [0.3, 0.4) is 0 Å². The molecule has 0 N–H and O–H groups in total. The Morgan fingerprint density at radius 3 is 2.64 bits per heavy atom. The Kier molecular flexibility index (Phi) is 4.26. The summed E-state index contributed by atoms with van der Waals surface area (Å²) in [5.74, 6) is 0.603. The minimum absolute atomic E-state index is 0.0172. The highest BCUT2D eigenvalue weighted by Crippen LogP contribution is 2.21. The highest BCUT2D eigenvalue weighted by atomic mass is 16.5. The number of hydrogen-bond donors (Lipinski definition) is 0. The van der Waals surface area contributed by atoms with Gasteiger partial charge in [-0.05, 0) is 31.5 Å². The van der Waals surface area contributed by atoms with Gasteiger partial charge in [0.1, 0.15) is 12.4 Å².